The van der Waals surface area contributed by atoms with Crippen LogP contribution in [0.25, 0.3) is 0 Å². The molecule has 0 radical (unpaired) electrons. The van der Waals surface area contributed by atoms with Gasteiger partial charge in [-0.25, -0.2) is 0 Å². The van der Waals surface area contributed by atoms with Gasteiger partial charge in [0.05, 0.1) is 0 Å². The second-order valence-electron chi connectivity index (χ2n) is 6.35. The predicted molar refractivity (Wildman–Crippen MR) is 86.2 cm³/mol. The monoisotopic (exact) mass is 416 g/mol. The van der Waals surface area contributed by atoms with Crippen LogP contribution in [0, 0.1) is 3.57 Å². The van der Waals surface area contributed by atoms with Crippen molar-refractivity contribution in [3.05, 3.63) is 33.4 Å². The molecule has 1 unspecified atom stereocenters. The topological polar surface area (TPSA) is 9.23 Å². The van der Waals surface area contributed by atoms with Crippen molar-refractivity contribution in [3.8, 4) is 0 Å². The first-order valence-electron chi connectivity index (χ1n) is 6.34. The smallest absolute Gasteiger partial charge is 0.402 e. The van der Waals surface area contributed by atoms with Crippen LogP contribution in [0.2, 0.25) is 18.1 Å². The maximum Gasteiger partial charge on any atom is 0.417 e. The largest absolute Gasteiger partial charge is 0.417 e. The van der Waals surface area contributed by atoms with E-state index in [-0.39, 0.29) is 10.6 Å². The van der Waals surface area contributed by atoms with Gasteiger partial charge >= 0.3 is 6.18 Å². The number of rotatable bonds is 3. The summed E-state index contributed by atoms with van der Waals surface area (Å²) >= 11 is 2.07. The van der Waals surface area contributed by atoms with Crippen LogP contribution in [0.3, 0.4) is 0 Å². The Labute approximate surface area is 133 Å². The average Bonchev–Trinajstić information content (AvgIpc) is 2.24. The van der Waals surface area contributed by atoms with Crippen molar-refractivity contribution in [2.45, 2.75) is 51.2 Å². The third kappa shape index (κ3) is 4.46. The van der Waals surface area contributed by atoms with Gasteiger partial charge in [0, 0.05) is 3.57 Å². The van der Waals surface area contributed by atoms with E-state index in [0.717, 1.165) is 3.57 Å². The second-order valence-corrected chi connectivity index (χ2v) is 12.4. The molecule has 0 bridgehead atoms. The fourth-order valence-electron chi connectivity index (χ4n) is 1.43. The number of hydrogen-bond donors (Lipinski definition) is 0. The number of halogens is 4. The summed E-state index contributed by atoms with van der Waals surface area (Å²) in [4.78, 5) is 0. The first-order valence-corrected chi connectivity index (χ1v) is 10.3. The molecular weight excluding hydrogens is 396 g/mol. The van der Waals surface area contributed by atoms with Gasteiger partial charge in [-0.05, 0) is 58.4 Å². The molecule has 0 heterocycles. The lowest BCUT2D eigenvalue weighted by Gasteiger charge is -2.39. The average molecular weight is 416 g/mol. The number of hydrogen-bond acceptors (Lipinski definition) is 1. The van der Waals surface area contributed by atoms with Crippen molar-refractivity contribution in [3.63, 3.8) is 0 Å². The van der Waals surface area contributed by atoms with Crippen LogP contribution >= 0.6 is 22.6 Å². The third-order valence-electron chi connectivity index (χ3n) is 3.69. The van der Waals surface area contributed by atoms with Crippen LogP contribution in [0.4, 0.5) is 13.2 Å². The van der Waals surface area contributed by atoms with E-state index in [9.17, 15) is 13.2 Å². The van der Waals surface area contributed by atoms with Crippen LogP contribution in [-0.4, -0.2) is 14.5 Å². The Morgan fingerprint density at radius 2 is 1.50 bits per heavy atom. The highest BCUT2D eigenvalue weighted by atomic mass is 127. The van der Waals surface area contributed by atoms with Crippen molar-refractivity contribution in [1.82, 2.24) is 0 Å². The summed E-state index contributed by atoms with van der Waals surface area (Å²) in [6, 6.07) is 6.33. The van der Waals surface area contributed by atoms with E-state index in [1.165, 1.54) is 12.1 Å². The molecule has 1 aromatic carbocycles. The molecule has 0 aromatic heterocycles. The van der Waals surface area contributed by atoms with Gasteiger partial charge in [-0.2, -0.15) is 13.2 Å². The molecule has 0 aliphatic rings. The molecule has 6 heteroatoms. The minimum absolute atomic E-state index is 0.169. The summed E-state index contributed by atoms with van der Waals surface area (Å²) in [5.41, 5.74) is 0.169. The molecule has 114 valence electrons. The summed E-state index contributed by atoms with van der Waals surface area (Å²) in [6.45, 7) is 9.46. The van der Waals surface area contributed by atoms with E-state index < -0.39 is 20.6 Å². The Morgan fingerprint density at radius 1 is 1.05 bits per heavy atom. The zero-order valence-corrected chi connectivity index (χ0v) is 15.5. The fourth-order valence-corrected chi connectivity index (χ4v) is 3.00. The molecular formula is C14H20F3IOSi. The summed E-state index contributed by atoms with van der Waals surface area (Å²) in [5, 5.41) is -0.264. The Bertz CT molecular complexity index is 449. The Hall–Kier alpha value is -0.0831. The highest BCUT2D eigenvalue weighted by Gasteiger charge is 2.48. The van der Waals surface area contributed by atoms with Gasteiger partial charge in [0.15, 0.2) is 14.4 Å². The lowest BCUT2D eigenvalue weighted by Crippen LogP contribution is -2.44. The maximum absolute atomic E-state index is 13.3. The van der Waals surface area contributed by atoms with Crippen LogP contribution in [0.5, 0.6) is 0 Å². The molecule has 1 nitrogen and oxygen atoms in total. The SMILES string of the molecule is CC(C)(C)[Si](C)(C)OC(c1ccc(I)cc1)C(F)(F)F. The Balaban J connectivity index is 3.13. The lowest BCUT2D eigenvalue weighted by molar-refractivity contribution is -0.201. The number of benzene rings is 1. The van der Waals surface area contributed by atoms with Gasteiger partial charge in [-0.1, -0.05) is 32.9 Å². The maximum atomic E-state index is 13.3. The molecule has 0 N–H and O–H groups in total. The van der Waals surface area contributed by atoms with Crippen LogP contribution in [0.15, 0.2) is 24.3 Å². The highest BCUT2D eigenvalue weighted by molar-refractivity contribution is 14.1. The minimum Gasteiger partial charge on any atom is -0.402 e. The van der Waals surface area contributed by atoms with Gasteiger partial charge in [-0.15, -0.1) is 0 Å². The zero-order chi connectivity index (χ0) is 15.8. The molecule has 20 heavy (non-hydrogen) atoms. The first-order chi connectivity index (χ1) is 8.84. The van der Waals surface area contributed by atoms with E-state index >= 15 is 0 Å². The summed E-state index contributed by atoms with van der Waals surface area (Å²) < 4.78 is 46.5. The molecule has 0 aliphatic heterocycles. The highest BCUT2D eigenvalue weighted by Crippen LogP contribution is 2.44. The molecule has 0 spiro atoms. The Morgan fingerprint density at radius 3 is 1.85 bits per heavy atom. The van der Waals surface area contributed by atoms with Crippen molar-refractivity contribution < 1.29 is 17.6 Å². The summed E-state index contributed by atoms with van der Waals surface area (Å²) in [7, 11) is -2.50. The van der Waals surface area contributed by atoms with E-state index in [2.05, 4.69) is 22.6 Å². The van der Waals surface area contributed by atoms with Gasteiger partial charge in [0.2, 0.25) is 0 Å². The molecule has 0 saturated heterocycles. The Kier molecular flexibility index (Phi) is 5.36. The second kappa shape index (κ2) is 5.96. The molecule has 0 saturated carbocycles. The molecule has 0 fully saturated rings. The summed E-state index contributed by atoms with van der Waals surface area (Å²) in [6.07, 6.45) is -6.25. The minimum atomic E-state index is -4.40. The fraction of sp³-hybridized carbons (Fsp3) is 0.571. The molecule has 1 aromatic rings. The van der Waals surface area contributed by atoms with E-state index in [4.69, 9.17) is 4.43 Å². The van der Waals surface area contributed by atoms with Crippen LogP contribution in [-0.2, 0) is 4.43 Å². The molecule has 1 atom stereocenters. The zero-order valence-electron chi connectivity index (χ0n) is 12.3. The molecule has 0 amide bonds. The lowest BCUT2D eigenvalue weighted by atomic mass is 10.1. The van der Waals surface area contributed by atoms with Crippen LogP contribution in [0.1, 0.15) is 32.4 Å². The van der Waals surface area contributed by atoms with Crippen molar-refractivity contribution in [2.75, 3.05) is 0 Å². The van der Waals surface area contributed by atoms with Crippen molar-refractivity contribution in [1.29, 1.82) is 0 Å². The van der Waals surface area contributed by atoms with Gasteiger partial charge in [-0.3, -0.25) is 0 Å². The molecule has 1 rings (SSSR count). The molecule has 0 aliphatic carbocycles. The standard InChI is InChI=1S/C14H20F3IOSi/c1-13(2,3)20(4,5)19-12(14(15,16)17)10-6-8-11(18)9-7-10/h6-9,12H,1-5H3. The number of alkyl halides is 3. The van der Waals surface area contributed by atoms with Gasteiger partial charge in [0.25, 0.3) is 0 Å². The quantitative estimate of drug-likeness (QED) is 0.439. The summed E-state index contributed by atoms with van der Waals surface area (Å²) in [5.74, 6) is 0. The van der Waals surface area contributed by atoms with Gasteiger partial charge in [0.1, 0.15) is 0 Å². The predicted octanol–water partition coefficient (Wildman–Crippen LogP) is 5.92. The van der Waals surface area contributed by atoms with E-state index in [1.54, 1.807) is 12.1 Å². The third-order valence-corrected chi connectivity index (χ3v) is 8.85. The normalized spacial score (nSPS) is 15.2. The first kappa shape index (κ1) is 18.0. The van der Waals surface area contributed by atoms with E-state index in [1.807, 2.05) is 33.9 Å². The van der Waals surface area contributed by atoms with E-state index in [0.29, 0.717) is 0 Å². The van der Waals surface area contributed by atoms with Crippen molar-refractivity contribution >= 4 is 30.9 Å². The van der Waals surface area contributed by atoms with Crippen LogP contribution < -0.4 is 0 Å². The van der Waals surface area contributed by atoms with Gasteiger partial charge < -0.3 is 4.43 Å². The van der Waals surface area contributed by atoms with Crippen molar-refractivity contribution in [2.24, 2.45) is 0 Å².